The molecule has 0 aromatic heterocycles. The molecule has 5 nitrogen and oxygen atoms in total. The Morgan fingerprint density at radius 2 is 1.60 bits per heavy atom. The van der Waals surface area contributed by atoms with Crippen LogP contribution in [0.4, 0.5) is 8.78 Å². The molecule has 30 heavy (non-hydrogen) atoms. The lowest BCUT2D eigenvalue weighted by Crippen LogP contribution is -2.43. The second kappa shape index (κ2) is 11.0. The molecular weight excluding hydrogens is 523 g/mol. The third-order valence-electron chi connectivity index (χ3n) is 4.58. The molecule has 0 amide bonds. The highest BCUT2D eigenvalue weighted by Crippen LogP contribution is 2.22. The molecule has 0 heterocycles. The Morgan fingerprint density at radius 3 is 2.17 bits per heavy atom. The third kappa shape index (κ3) is 8.17. The summed E-state index contributed by atoms with van der Waals surface area (Å²) in [6.07, 6.45) is 1.14. The van der Waals surface area contributed by atoms with E-state index in [1.54, 1.807) is 19.2 Å². The number of halogens is 3. The Kier molecular flexibility index (Phi) is 9.67. The fourth-order valence-corrected chi connectivity index (χ4v) is 3.74. The summed E-state index contributed by atoms with van der Waals surface area (Å²) in [6.45, 7) is 4.80. The largest absolute Gasteiger partial charge is 0.356 e. The molecule has 0 saturated heterocycles. The Morgan fingerprint density at radius 1 is 1.00 bits per heavy atom. The predicted octanol–water partition coefficient (Wildman–Crippen LogP) is 3.77. The first-order valence-corrected chi connectivity index (χ1v) is 11.2. The maximum atomic E-state index is 13.7. The second-order valence-corrected chi connectivity index (χ2v) is 9.79. The summed E-state index contributed by atoms with van der Waals surface area (Å²) in [5.74, 6) is -0.377. The van der Waals surface area contributed by atoms with Crippen LogP contribution in [0.25, 0.3) is 0 Å². The average molecular weight is 551 g/mol. The molecule has 166 valence electrons. The Bertz CT molecular complexity index is 978. The van der Waals surface area contributed by atoms with Crippen LogP contribution in [0.5, 0.6) is 0 Å². The van der Waals surface area contributed by atoms with Crippen molar-refractivity contribution in [3.05, 3.63) is 70.8 Å². The monoisotopic (exact) mass is 551 g/mol. The van der Waals surface area contributed by atoms with Gasteiger partial charge < -0.3 is 10.6 Å². The normalized spacial score (nSPS) is 12.3. The predicted molar refractivity (Wildman–Crippen MR) is 128 cm³/mol. The lowest BCUT2D eigenvalue weighted by atomic mass is 9.84. The smallest absolute Gasteiger partial charge is 0.191 e. The van der Waals surface area contributed by atoms with Gasteiger partial charge in [0.15, 0.2) is 15.8 Å². The van der Waals surface area contributed by atoms with Gasteiger partial charge in [-0.25, -0.2) is 17.2 Å². The highest BCUT2D eigenvalue weighted by Gasteiger charge is 2.21. The Hall–Kier alpha value is -1.75. The van der Waals surface area contributed by atoms with Gasteiger partial charge in [-0.2, -0.15) is 0 Å². The van der Waals surface area contributed by atoms with E-state index in [1.807, 2.05) is 13.8 Å². The minimum absolute atomic E-state index is 0. The maximum Gasteiger partial charge on any atom is 0.191 e. The minimum Gasteiger partial charge on any atom is -0.356 e. The van der Waals surface area contributed by atoms with Crippen molar-refractivity contribution in [1.29, 1.82) is 0 Å². The third-order valence-corrected chi connectivity index (χ3v) is 5.41. The van der Waals surface area contributed by atoms with Gasteiger partial charge in [0, 0.05) is 31.8 Å². The van der Waals surface area contributed by atoms with Crippen LogP contribution in [0.15, 0.2) is 47.5 Å². The van der Waals surface area contributed by atoms with Gasteiger partial charge in [-0.05, 0) is 41.0 Å². The molecule has 0 spiro atoms. The first-order valence-electron chi connectivity index (χ1n) is 9.16. The molecule has 2 N–H and O–H groups in total. The maximum absolute atomic E-state index is 13.7. The summed E-state index contributed by atoms with van der Waals surface area (Å²) in [5, 5.41) is 6.30. The fraction of sp³-hybridized carbons (Fsp3) is 0.381. The molecule has 0 unspecified atom stereocenters. The number of benzene rings is 2. The van der Waals surface area contributed by atoms with E-state index < -0.39 is 15.7 Å². The van der Waals surface area contributed by atoms with Crippen LogP contribution in [0.2, 0.25) is 0 Å². The lowest BCUT2D eigenvalue weighted by molar-refractivity contribution is 0.506. The highest BCUT2D eigenvalue weighted by molar-refractivity contribution is 14.0. The van der Waals surface area contributed by atoms with E-state index in [-0.39, 0.29) is 47.5 Å². The van der Waals surface area contributed by atoms with Gasteiger partial charge in [0.25, 0.3) is 0 Å². The highest BCUT2D eigenvalue weighted by atomic mass is 127. The quantitative estimate of drug-likeness (QED) is 0.313. The van der Waals surface area contributed by atoms with Gasteiger partial charge in [0.1, 0.15) is 11.6 Å². The standard InChI is InChI=1S/C21H27F2N3O2S.HI/c1-21(2,17-6-9-18(22)10-7-17)14-26-20(24-3)25-12-16-11-19(23)8-5-15(16)13-29(4,27)28;/h5-11H,12-14H2,1-4H3,(H2,24,25,26);1H. The van der Waals surface area contributed by atoms with E-state index in [2.05, 4.69) is 15.6 Å². The van der Waals surface area contributed by atoms with Gasteiger partial charge >= 0.3 is 0 Å². The lowest BCUT2D eigenvalue weighted by Gasteiger charge is -2.27. The van der Waals surface area contributed by atoms with E-state index >= 15 is 0 Å². The Labute approximate surface area is 194 Å². The van der Waals surface area contributed by atoms with Gasteiger partial charge in [-0.1, -0.05) is 32.0 Å². The summed E-state index contributed by atoms with van der Waals surface area (Å²) in [6, 6.07) is 10.4. The summed E-state index contributed by atoms with van der Waals surface area (Å²) >= 11 is 0. The molecule has 0 bridgehead atoms. The zero-order valence-electron chi connectivity index (χ0n) is 17.5. The molecule has 0 saturated carbocycles. The van der Waals surface area contributed by atoms with E-state index in [0.717, 1.165) is 11.8 Å². The number of nitrogens with zero attached hydrogens (tertiary/aromatic N) is 1. The van der Waals surface area contributed by atoms with Gasteiger partial charge in [-0.3, -0.25) is 4.99 Å². The van der Waals surface area contributed by atoms with Crippen LogP contribution in [-0.2, 0) is 27.5 Å². The van der Waals surface area contributed by atoms with Crippen LogP contribution < -0.4 is 10.6 Å². The summed E-state index contributed by atoms with van der Waals surface area (Å²) in [4.78, 5) is 4.16. The summed E-state index contributed by atoms with van der Waals surface area (Å²) in [7, 11) is -1.63. The second-order valence-electron chi connectivity index (χ2n) is 7.65. The van der Waals surface area contributed by atoms with Crippen LogP contribution in [0.1, 0.15) is 30.5 Å². The molecule has 0 atom stereocenters. The number of guanidine groups is 1. The SMILES string of the molecule is CN=C(NCc1cc(F)ccc1CS(C)(=O)=O)NCC(C)(C)c1ccc(F)cc1.I. The van der Waals surface area contributed by atoms with Crippen molar-refractivity contribution in [2.24, 2.45) is 4.99 Å². The molecule has 0 aliphatic carbocycles. The van der Waals surface area contributed by atoms with Crippen LogP contribution in [0, 0.1) is 11.6 Å². The molecule has 0 radical (unpaired) electrons. The van der Waals surface area contributed by atoms with E-state index in [0.29, 0.717) is 23.6 Å². The van der Waals surface area contributed by atoms with Crippen LogP contribution >= 0.6 is 24.0 Å². The number of hydrogen-bond acceptors (Lipinski definition) is 3. The molecule has 0 aliphatic rings. The van der Waals surface area contributed by atoms with E-state index in [1.165, 1.54) is 30.3 Å². The van der Waals surface area contributed by atoms with E-state index in [4.69, 9.17) is 0 Å². The molecular formula is C21H28F2IN3O2S. The summed E-state index contributed by atoms with van der Waals surface area (Å²) in [5.41, 5.74) is 1.79. The molecule has 2 rings (SSSR count). The Balaban J connectivity index is 0.00000450. The topological polar surface area (TPSA) is 70.6 Å². The number of hydrogen-bond donors (Lipinski definition) is 2. The van der Waals surface area contributed by atoms with Crippen molar-refractivity contribution in [3.8, 4) is 0 Å². The van der Waals surface area contributed by atoms with Crippen molar-refractivity contribution >= 4 is 39.8 Å². The van der Waals surface area contributed by atoms with Crippen LogP contribution in [-0.4, -0.2) is 34.2 Å². The molecule has 2 aromatic carbocycles. The van der Waals surface area contributed by atoms with Crippen LogP contribution in [0.3, 0.4) is 0 Å². The number of sulfone groups is 1. The molecule has 0 fully saturated rings. The summed E-state index contributed by atoms with van der Waals surface area (Å²) < 4.78 is 50.1. The first kappa shape index (κ1) is 26.3. The van der Waals surface area contributed by atoms with E-state index in [9.17, 15) is 17.2 Å². The zero-order valence-corrected chi connectivity index (χ0v) is 20.6. The van der Waals surface area contributed by atoms with Crippen molar-refractivity contribution < 1.29 is 17.2 Å². The first-order chi connectivity index (χ1) is 13.5. The number of nitrogens with one attached hydrogen (secondary N) is 2. The number of aliphatic imine (C=N–C) groups is 1. The van der Waals surface area contributed by atoms with Gasteiger partial charge in [0.2, 0.25) is 0 Å². The molecule has 9 heteroatoms. The van der Waals surface area contributed by atoms with Crippen molar-refractivity contribution in [3.63, 3.8) is 0 Å². The van der Waals surface area contributed by atoms with Gasteiger partial charge in [0.05, 0.1) is 5.75 Å². The molecule has 0 aliphatic heterocycles. The fourth-order valence-electron chi connectivity index (χ4n) is 2.89. The average Bonchev–Trinajstić information content (AvgIpc) is 2.63. The van der Waals surface area contributed by atoms with Crippen molar-refractivity contribution in [1.82, 2.24) is 10.6 Å². The number of rotatable bonds is 7. The van der Waals surface area contributed by atoms with Crippen molar-refractivity contribution in [2.45, 2.75) is 31.6 Å². The minimum atomic E-state index is -3.24. The zero-order chi connectivity index (χ0) is 21.7. The molecule has 2 aromatic rings. The van der Waals surface area contributed by atoms with Crippen molar-refractivity contribution in [2.75, 3.05) is 19.8 Å². The van der Waals surface area contributed by atoms with Gasteiger partial charge in [-0.15, -0.1) is 24.0 Å².